The van der Waals surface area contributed by atoms with Gasteiger partial charge in [-0.25, -0.2) is 0 Å². The summed E-state index contributed by atoms with van der Waals surface area (Å²) < 4.78 is 0. The molecule has 0 fully saturated rings. The monoisotopic (exact) mass is 444 g/mol. The van der Waals surface area contributed by atoms with E-state index in [1.54, 1.807) is 13.2 Å². The van der Waals surface area contributed by atoms with Crippen LogP contribution < -0.4 is 5.32 Å². The van der Waals surface area contributed by atoms with Crippen LogP contribution in [0.25, 0.3) is 0 Å². The van der Waals surface area contributed by atoms with Gasteiger partial charge in [-0.1, -0.05) is 35.9 Å². The summed E-state index contributed by atoms with van der Waals surface area (Å²) in [6.07, 6.45) is 1.81. The molecule has 0 bridgehead atoms. The van der Waals surface area contributed by atoms with E-state index in [0.29, 0.717) is 13.1 Å². The third-order valence-corrected chi connectivity index (χ3v) is 3.84. The maximum absolute atomic E-state index is 6.21. The second-order valence-corrected chi connectivity index (χ2v) is 5.52. The molecule has 1 heterocycles. The third kappa shape index (κ3) is 5.66. The number of aryl methyl sites for hydroxylation is 1. The molecule has 0 spiro atoms. The molecule has 0 saturated carbocycles. The number of nitrogens with one attached hydrogen (secondary N) is 1. The van der Waals surface area contributed by atoms with Crippen LogP contribution in [-0.2, 0) is 13.1 Å². The van der Waals surface area contributed by atoms with E-state index in [9.17, 15) is 0 Å². The third-order valence-electron chi connectivity index (χ3n) is 3.47. The van der Waals surface area contributed by atoms with Gasteiger partial charge in [0.25, 0.3) is 0 Å². The van der Waals surface area contributed by atoms with Crippen LogP contribution in [0.5, 0.6) is 0 Å². The van der Waals surface area contributed by atoms with Crippen molar-refractivity contribution in [2.24, 2.45) is 4.99 Å². The van der Waals surface area contributed by atoms with E-state index in [0.717, 1.165) is 22.2 Å². The van der Waals surface area contributed by atoms with Gasteiger partial charge in [-0.15, -0.1) is 24.0 Å². The molecule has 1 aromatic heterocycles. The molecule has 2 rings (SSSR count). The first-order valence-corrected chi connectivity index (χ1v) is 7.55. The van der Waals surface area contributed by atoms with Crippen molar-refractivity contribution in [3.05, 3.63) is 64.4 Å². The molecule has 1 N–H and O–H groups in total. The fraction of sp³-hybridized carbons (Fsp3) is 0.294. The van der Waals surface area contributed by atoms with Gasteiger partial charge in [-0.05, 0) is 30.2 Å². The van der Waals surface area contributed by atoms with Crippen molar-refractivity contribution in [3.8, 4) is 0 Å². The van der Waals surface area contributed by atoms with Gasteiger partial charge in [0.2, 0.25) is 0 Å². The highest BCUT2D eigenvalue weighted by atomic mass is 127. The predicted octanol–water partition coefficient (Wildman–Crippen LogP) is 3.87. The minimum absolute atomic E-state index is 0. The Labute approximate surface area is 160 Å². The van der Waals surface area contributed by atoms with Crippen LogP contribution in [0.4, 0.5) is 0 Å². The summed E-state index contributed by atoms with van der Waals surface area (Å²) in [5.41, 5.74) is 3.26. The van der Waals surface area contributed by atoms with E-state index in [-0.39, 0.29) is 24.0 Å². The molecular formula is C17H22ClIN4. The minimum atomic E-state index is 0. The summed E-state index contributed by atoms with van der Waals surface area (Å²) in [4.78, 5) is 10.7. The number of halogens is 2. The zero-order valence-corrected chi connectivity index (χ0v) is 16.7. The molecule has 0 saturated heterocycles. The van der Waals surface area contributed by atoms with Crippen LogP contribution in [0.1, 0.15) is 16.8 Å². The second-order valence-electron chi connectivity index (χ2n) is 5.12. The van der Waals surface area contributed by atoms with E-state index in [4.69, 9.17) is 11.6 Å². The fourth-order valence-electron chi connectivity index (χ4n) is 2.21. The molecule has 23 heavy (non-hydrogen) atoms. The van der Waals surface area contributed by atoms with Gasteiger partial charge >= 0.3 is 0 Å². The maximum atomic E-state index is 6.21. The Morgan fingerprint density at radius 3 is 2.65 bits per heavy atom. The largest absolute Gasteiger partial charge is 0.351 e. The molecule has 1 aromatic carbocycles. The van der Waals surface area contributed by atoms with Gasteiger partial charge in [0, 0.05) is 31.9 Å². The first-order valence-electron chi connectivity index (χ1n) is 7.17. The van der Waals surface area contributed by atoms with Crippen molar-refractivity contribution < 1.29 is 0 Å². The summed E-state index contributed by atoms with van der Waals surface area (Å²) in [6, 6.07) is 11.8. The lowest BCUT2D eigenvalue weighted by atomic mass is 10.2. The van der Waals surface area contributed by atoms with Crippen molar-refractivity contribution in [3.63, 3.8) is 0 Å². The molecule has 2 aromatic rings. The molecule has 0 aliphatic heterocycles. The van der Waals surface area contributed by atoms with Gasteiger partial charge < -0.3 is 10.2 Å². The van der Waals surface area contributed by atoms with Crippen molar-refractivity contribution >= 4 is 41.5 Å². The molecule has 0 aliphatic carbocycles. The predicted molar refractivity (Wildman–Crippen MR) is 108 cm³/mol. The smallest absolute Gasteiger partial charge is 0.194 e. The maximum Gasteiger partial charge on any atom is 0.194 e. The van der Waals surface area contributed by atoms with Gasteiger partial charge in [0.05, 0.1) is 12.2 Å². The van der Waals surface area contributed by atoms with Crippen LogP contribution in [0.2, 0.25) is 5.02 Å². The lowest BCUT2D eigenvalue weighted by Crippen LogP contribution is -2.38. The second kappa shape index (κ2) is 9.72. The van der Waals surface area contributed by atoms with Crippen LogP contribution in [0.3, 0.4) is 0 Å². The van der Waals surface area contributed by atoms with Gasteiger partial charge in [0.15, 0.2) is 5.96 Å². The standard InChI is InChI=1S/C17H21ClN4.HI/c1-13-7-6-10-20-16(13)11-21-17(19-2)22(3)12-14-8-4-5-9-15(14)18;/h4-10H,11-12H2,1-3H3,(H,19,21);1H. The number of aromatic nitrogens is 1. The first kappa shape index (κ1) is 19.7. The molecule has 0 aliphatic rings. The van der Waals surface area contributed by atoms with Crippen LogP contribution in [-0.4, -0.2) is 29.9 Å². The van der Waals surface area contributed by atoms with Crippen molar-refractivity contribution in [1.29, 1.82) is 0 Å². The fourth-order valence-corrected chi connectivity index (χ4v) is 2.40. The number of rotatable bonds is 4. The number of nitrogens with zero attached hydrogens (tertiary/aromatic N) is 3. The SMILES string of the molecule is CN=C(NCc1ncccc1C)N(C)Cc1ccccc1Cl.I. The molecule has 124 valence electrons. The molecule has 4 nitrogen and oxygen atoms in total. The van der Waals surface area contributed by atoms with E-state index in [1.165, 1.54) is 5.56 Å². The van der Waals surface area contributed by atoms with Crippen molar-refractivity contribution in [2.45, 2.75) is 20.0 Å². The Morgan fingerprint density at radius 1 is 1.26 bits per heavy atom. The lowest BCUT2D eigenvalue weighted by molar-refractivity contribution is 0.476. The lowest BCUT2D eigenvalue weighted by Gasteiger charge is -2.22. The van der Waals surface area contributed by atoms with Gasteiger partial charge in [-0.2, -0.15) is 0 Å². The van der Waals surface area contributed by atoms with Crippen LogP contribution >= 0.6 is 35.6 Å². The summed E-state index contributed by atoms with van der Waals surface area (Å²) in [6.45, 7) is 3.40. The van der Waals surface area contributed by atoms with Crippen molar-refractivity contribution in [1.82, 2.24) is 15.2 Å². The molecule has 0 radical (unpaired) electrons. The Hall–Kier alpha value is -1.34. The number of guanidine groups is 1. The minimum Gasteiger partial charge on any atom is -0.351 e. The average Bonchev–Trinajstić information content (AvgIpc) is 2.52. The summed E-state index contributed by atoms with van der Waals surface area (Å²) in [5, 5.41) is 4.11. The Bertz CT molecular complexity index is 661. The van der Waals surface area contributed by atoms with E-state index >= 15 is 0 Å². The highest BCUT2D eigenvalue weighted by molar-refractivity contribution is 14.0. The molecule has 0 amide bonds. The first-order chi connectivity index (χ1) is 10.6. The summed E-state index contributed by atoms with van der Waals surface area (Å²) >= 11 is 6.21. The zero-order chi connectivity index (χ0) is 15.9. The van der Waals surface area contributed by atoms with Gasteiger partial charge in [-0.3, -0.25) is 9.98 Å². The highest BCUT2D eigenvalue weighted by Gasteiger charge is 2.09. The van der Waals surface area contributed by atoms with E-state index in [2.05, 4.69) is 28.3 Å². The quantitative estimate of drug-likeness (QED) is 0.442. The highest BCUT2D eigenvalue weighted by Crippen LogP contribution is 2.16. The van der Waals surface area contributed by atoms with E-state index < -0.39 is 0 Å². The van der Waals surface area contributed by atoms with Crippen LogP contribution in [0, 0.1) is 6.92 Å². The molecule has 0 unspecified atom stereocenters. The van der Waals surface area contributed by atoms with Gasteiger partial charge in [0.1, 0.15) is 0 Å². The number of pyridine rings is 1. The number of benzene rings is 1. The summed E-state index contributed by atoms with van der Waals surface area (Å²) in [5.74, 6) is 0.810. The van der Waals surface area contributed by atoms with Crippen LogP contribution in [0.15, 0.2) is 47.6 Å². The molecule has 6 heteroatoms. The number of hydrogen-bond acceptors (Lipinski definition) is 2. The average molecular weight is 445 g/mol. The normalized spacial score (nSPS) is 10.9. The number of hydrogen-bond donors (Lipinski definition) is 1. The Morgan fingerprint density at radius 2 is 2.00 bits per heavy atom. The Kier molecular flexibility index (Phi) is 8.33. The molecular weight excluding hydrogens is 423 g/mol. The van der Waals surface area contributed by atoms with Crippen molar-refractivity contribution in [2.75, 3.05) is 14.1 Å². The Balaban J connectivity index is 0.00000264. The topological polar surface area (TPSA) is 40.5 Å². The summed E-state index contributed by atoms with van der Waals surface area (Å²) in [7, 11) is 3.76. The van der Waals surface area contributed by atoms with E-state index in [1.807, 2.05) is 42.3 Å². The molecule has 0 atom stereocenters. The number of aliphatic imine (C=N–C) groups is 1. The zero-order valence-electron chi connectivity index (χ0n) is 13.6.